The van der Waals surface area contributed by atoms with Crippen LogP contribution in [0.3, 0.4) is 0 Å². The van der Waals surface area contributed by atoms with E-state index < -0.39 is 0 Å². The molecule has 9 aromatic carbocycles. The minimum absolute atomic E-state index is 0.549. The third kappa shape index (κ3) is 5.10. The van der Waals surface area contributed by atoms with Gasteiger partial charge in [-0.1, -0.05) is 84.9 Å². The van der Waals surface area contributed by atoms with E-state index >= 15 is 0 Å². The zero-order valence-corrected chi connectivity index (χ0v) is 31.8. The molecule has 0 atom stereocenters. The zero-order chi connectivity index (χ0) is 40.5. The molecule has 0 amide bonds. The second kappa shape index (κ2) is 13.3. The number of nitrogens with zero attached hydrogens (tertiary/aromatic N) is 6. The predicted molar refractivity (Wildman–Crippen MR) is 243 cm³/mol. The lowest BCUT2D eigenvalue weighted by Crippen LogP contribution is -1.98. The molecule has 0 spiro atoms. The van der Waals surface area contributed by atoms with Crippen molar-refractivity contribution in [1.29, 1.82) is 10.5 Å². The van der Waals surface area contributed by atoms with Crippen LogP contribution in [0.1, 0.15) is 11.1 Å². The van der Waals surface area contributed by atoms with Crippen LogP contribution in [0.4, 0.5) is 11.4 Å². The van der Waals surface area contributed by atoms with E-state index in [0.717, 1.165) is 98.8 Å². The van der Waals surface area contributed by atoms with E-state index in [1.807, 2.05) is 84.9 Å². The van der Waals surface area contributed by atoms with Gasteiger partial charge in [0.05, 0.1) is 58.5 Å². The molecular weight excluding hydrogens is 733 g/mol. The fourth-order valence-corrected chi connectivity index (χ4v) is 9.17. The van der Waals surface area contributed by atoms with Gasteiger partial charge in [-0.25, -0.2) is 9.69 Å². The molecule has 6 heteroatoms. The number of rotatable bonds is 4. The Hall–Kier alpha value is -8.94. The highest BCUT2D eigenvalue weighted by atomic mass is 15.0. The van der Waals surface area contributed by atoms with Gasteiger partial charge in [-0.2, -0.15) is 10.5 Å². The molecule has 11 aromatic rings. The van der Waals surface area contributed by atoms with Crippen LogP contribution in [-0.4, -0.2) is 9.13 Å². The Morgan fingerprint density at radius 2 is 0.750 bits per heavy atom. The molecule has 60 heavy (non-hydrogen) atoms. The molecule has 0 saturated carbocycles. The molecule has 2 heterocycles. The molecule has 0 bridgehead atoms. The number of nitriles is 2. The van der Waals surface area contributed by atoms with E-state index in [4.69, 9.17) is 13.1 Å². The van der Waals surface area contributed by atoms with Crippen molar-refractivity contribution in [2.75, 3.05) is 0 Å². The highest BCUT2D eigenvalue weighted by molar-refractivity contribution is 6.23. The third-order valence-electron chi connectivity index (χ3n) is 11.7. The average Bonchev–Trinajstić information content (AvgIpc) is 3.81. The highest BCUT2D eigenvalue weighted by Gasteiger charge is 2.21. The van der Waals surface area contributed by atoms with Gasteiger partial charge in [-0.05, 0) is 140 Å². The van der Waals surface area contributed by atoms with Crippen molar-refractivity contribution in [2.24, 2.45) is 0 Å². The SMILES string of the molecule is [C-]#[N+]c1ccc2c(c1)c1cc(C#N)ccc1n2-c1ccc2c(-c3ccccc3)c3cc(-n4c5ccc(C#N)cc5c5cc([N+]#[C-])ccc54)ccc3c(-c3ccccc3)c2c1. The Balaban J connectivity index is 1.26. The van der Waals surface area contributed by atoms with Crippen LogP contribution in [0.25, 0.3) is 108 Å². The molecule has 0 fully saturated rings. The second-order valence-electron chi connectivity index (χ2n) is 14.9. The fourth-order valence-electron chi connectivity index (χ4n) is 9.17. The zero-order valence-electron chi connectivity index (χ0n) is 31.8. The first kappa shape index (κ1) is 34.3. The summed E-state index contributed by atoms with van der Waals surface area (Å²) in [6, 6.07) is 62.2. The van der Waals surface area contributed by atoms with Gasteiger partial charge in [0.2, 0.25) is 0 Å². The first-order chi connectivity index (χ1) is 29.6. The van der Waals surface area contributed by atoms with Gasteiger partial charge >= 0.3 is 0 Å². The van der Waals surface area contributed by atoms with Gasteiger partial charge in [0.15, 0.2) is 11.4 Å². The van der Waals surface area contributed by atoms with E-state index in [9.17, 15) is 10.5 Å². The second-order valence-corrected chi connectivity index (χ2v) is 14.9. The van der Waals surface area contributed by atoms with E-state index in [1.165, 1.54) is 0 Å². The van der Waals surface area contributed by atoms with Crippen LogP contribution in [0.5, 0.6) is 0 Å². The smallest absolute Gasteiger partial charge is 0.188 e. The molecule has 0 saturated heterocycles. The van der Waals surface area contributed by atoms with Crippen LogP contribution in [0.15, 0.2) is 170 Å². The van der Waals surface area contributed by atoms with Gasteiger partial charge < -0.3 is 9.13 Å². The lowest BCUT2D eigenvalue weighted by atomic mass is 9.85. The number of benzene rings is 9. The summed E-state index contributed by atoms with van der Waals surface area (Å²) in [7, 11) is 0. The Labute approximate surface area is 344 Å². The molecular formula is C54H28N6. The summed E-state index contributed by atoms with van der Waals surface area (Å²) in [6.07, 6.45) is 0. The minimum atomic E-state index is 0.549. The number of aromatic nitrogens is 2. The first-order valence-corrected chi connectivity index (χ1v) is 19.4. The molecule has 0 aliphatic carbocycles. The molecule has 0 aliphatic heterocycles. The van der Waals surface area contributed by atoms with Gasteiger partial charge in [-0.3, -0.25) is 0 Å². The normalized spacial score (nSPS) is 11.3. The van der Waals surface area contributed by atoms with Crippen molar-refractivity contribution in [2.45, 2.75) is 0 Å². The Morgan fingerprint density at radius 3 is 1.13 bits per heavy atom. The van der Waals surface area contributed by atoms with Gasteiger partial charge in [0.25, 0.3) is 0 Å². The van der Waals surface area contributed by atoms with Gasteiger partial charge in [0, 0.05) is 22.1 Å². The quantitative estimate of drug-likeness (QED) is 0.132. The van der Waals surface area contributed by atoms with Crippen LogP contribution in [0.2, 0.25) is 0 Å². The number of hydrogen-bond acceptors (Lipinski definition) is 2. The number of hydrogen-bond donors (Lipinski definition) is 0. The van der Waals surface area contributed by atoms with Gasteiger partial charge in [-0.15, -0.1) is 0 Å². The predicted octanol–water partition coefficient (Wildman–Crippen LogP) is 14.4. The summed E-state index contributed by atoms with van der Waals surface area (Å²) in [6.45, 7) is 15.5. The molecule has 0 aliphatic rings. The van der Waals surface area contributed by atoms with Crippen molar-refractivity contribution in [3.05, 3.63) is 204 Å². The van der Waals surface area contributed by atoms with Crippen molar-refractivity contribution in [1.82, 2.24) is 9.13 Å². The van der Waals surface area contributed by atoms with Crippen molar-refractivity contribution >= 4 is 76.5 Å². The van der Waals surface area contributed by atoms with Crippen molar-refractivity contribution in [3.8, 4) is 45.8 Å². The monoisotopic (exact) mass is 760 g/mol. The fraction of sp³-hybridized carbons (Fsp3) is 0. The maximum absolute atomic E-state index is 9.83. The Kier molecular flexibility index (Phi) is 7.63. The molecule has 274 valence electrons. The summed E-state index contributed by atoms with van der Waals surface area (Å²) in [4.78, 5) is 7.45. The average molecular weight is 761 g/mol. The summed E-state index contributed by atoms with van der Waals surface area (Å²) in [5, 5.41) is 27.7. The van der Waals surface area contributed by atoms with E-state index in [-0.39, 0.29) is 0 Å². The van der Waals surface area contributed by atoms with Crippen LogP contribution >= 0.6 is 0 Å². The maximum Gasteiger partial charge on any atom is 0.188 e. The van der Waals surface area contributed by atoms with Crippen LogP contribution in [0, 0.1) is 35.8 Å². The van der Waals surface area contributed by atoms with E-state index in [1.54, 1.807) is 0 Å². The van der Waals surface area contributed by atoms with Crippen LogP contribution in [-0.2, 0) is 0 Å². The lowest BCUT2D eigenvalue weighted by molar-refractivity contribution is 1.18. The largest absolute Gasteiger partial charge is 0.309 e. The van der Waals surface area contributed by atoms with E-state index in [0.29, 0.717) is 22.5 Å². The highest BCUT2D eigenvalue weighted by Crippen LogP contribution is 2.46. The molecule has 6 nitrogen and oxygen atoms in total. The van der Waals surface area contributed by atoms with Crippen molar-refractivity contribution in [3.63, 3.8) is 0 Å². The Bertz CT molecular complexity index is 3410. The van der Waals surface area contributed by atoms with Crippen molar-refractivity contribution < 1.29 is 0 Å². The minimum Gasteiger partial charge on any atom is -0.309 e. The van der Waals surface area contributed by atoms with Gasteiger partial charge in [0.1, 0.15) is 0 Å². The van der Waals surface area contributed by atoms with E-state index in [2.05, 4.69) is 116 Å². The van der Waals surface area contributed by atoms with Crippen LogP contribution < -0.4 is 0 Å². The molecule has 2 aromatic heterocycles. The lowest BCUT2D eigenvalue weighted by Gasteiger charge is -2.20. The molecule has 11 rings (SSSR count). The summed E-state index contributed by atoms with van der Waals surface area (Å²) < 4.78 is 4.48. The summed E-state index contributed by atoms with van der Waals surface area (Å²) in [5.41, 5.74) is 12.4. The Morgan fingerprint density at radius 1 is 0.367 bits per heavy atom. The summed E-state index contributed by atoms with van der Waals surface area (Å²) >= 11 is 0. The molecule has 0 N–H and O–H groups in total. The third-order valence-corrected chi connectivity index (χ3v) is 11.7. The maximum atomic E-state index is 9.83. The molecule has 0 unspecified atom stereocenters. The first-order valence-electron chi connectivity index (χ1n) is 19.4. The number of fused-ring (bicyclic) bond motifs is 8. The standard InChI is InChI=1S/C54H28N6/c1-57-37-15-23-51-45(27-37)43-25-33(31-55)13-21-49(43)59(51)39-17-19-41-47(29-39)53(35-9-5-3-6-10-35)42-20-18-40(30-48(42)54(41)36-11-7-4-8-12-36)60-50-22-14-34(32-56)26-44(50)46-28-38(58-2)16-24-52(46)60/h3-30H. The summed E-state index contributed by atoms with van der Waals surface area (Å²) in [5.74, 6) is 0. The molecule has 0 radical (unpaired) electrons. The topological polar surface area (TPSA) is 66.2 Å².